The molecule has 0 aromatic carbocycles. The molecule has 0 aliphatic carbocycles. The van der Waals surface area contributed by atoms with Crippen LogP contribution in [0.1, 0.15) is 58.8 Å². The number of rotatable bonds is 9. The molecule has 0 saturated heterocycles. The summed E-state index contributed by atoms with van der Waals surface area (Å²) in [5.41, 5.74) is -0.456. The Morgan fingerprint density at radius 3 is 2.12 bits per heavy atom. The normalized spacial score (nSPS) is 10.1. The van der Waals surface area contributed by atoms with Gasteiger partial charge in [-0.15, -0.1) is 0 Å². The average Bonchev–Trinajstić information content (AvgIpc) is 2.27. The van der Waals surface area contributed by atoms with E-state index < -0.39 is 17.6 Å². The van der Waals surface area contributed by atoms with Gasteiger partial charge in [-0.3, -0.25) is 0 Å². The molecule has 0 atom stereocenters. The van der Waals surface area contributed by atoms with Crippen molar-refractivity contribution in [2.75, 3.05) is 6.61 Å². The summed E-state index contributed by atoms with van der Waals surface area (Å²) in [5, 5.41) is 0. The maximum atomic E-state index is 12.5. The van der Waals surface area contributed by atoms with Crippen LogP contribution in [-0.2, 0) is 9.53 Å². The summed E-state index contributed by atoms with van der Waals surface area (Å²) in [7, 11) is 0. The lowest BCUT2D eigenvalue weighted by Crippen LogP contribution is -2.08. The number of hydrogen-bond donors (Lipinski definition) is 0. The molecule has 0 fully saturated rings. The van der Waals surface area contributed by atoms with Gasteiger partial charge in [0.15, 0.2) is 0 Å². The molecule has 0 saturated carbocycles. The van der Waals surface area contributed by atoms with Crippen LogP contribution in [0.5, 0.6) is 0 Å². The highest BCUT2D eigenvalue weighted by Gasteiger charge is 2.16. The first kappa shape index (κ1) is 16.1. The van der Waals surface area contributed by atoms with Crippen molar-refractivity contribution in [3.63, 3.8) is 0 Å². The van der Waals surface area contributed by atoms with Crippen molar-refractivity contribution in [3.8, 4) is 0 Å². The molecule has 0 amide bonds. The number of ether oxygens (including phenoxy) is 1. The number of esters is 1. The number of hydrogen-bond acceptors (Lipinski definition) is 2. The van der Waals surface area contributed by atoms with Crippen molar-refractivity contribution >= 4 is 5.97 Å². The summed E-state index contributed by atoms with van der Waals surface area (Å²) in [6.07, 6.45) is 4.23. The van der Waals surface area contributed by atoms with Crippen LogP contribution in [0, 0.1) is 0 Å². The van der Waals surface area contributed by atoms with Crippen LogP contribution < -0.4 is 0 Å². The first-order valence-corrected chi connectivity index (χ1v) is 6.34. The van der Waals surface area contributed by atoms with Gasteiger partial charge in [-0.25, -0.2) is 4.79 Å². The molecule has 0 N–H and O–H groups in total. The van der Waals surface area contributed by atoms with E-state index in [9.17, 15) is 13.6 Å². The zero-order valence-electron chi connectivity index (χ0n) is 10.7. The van der Waals surface area contributed by atoms with E-state index in [2.05, 4.69) is 11.7 Å². The molecule has 0 unspecified atom stereocenters. The average molecular weight is 248 g/mol. The number of halogens is 2. The molecule has 17 heavy (non-hydrogen) atoms. The van der Waals surface area contributed by atoms with Gasteiger partial charge in [0.1, 0.15) is 5.57 Å². The third kappa shape index (κ3) is 7.88. The molecule has 100 valence electrons. The minimum absolute atomic E-state index is 0.118. The van der Waals surface area contributed by atoms with E-state index >= 15 is 0 Å². The van der Waals surface area contributed by atoms with Crippen LogP contribution in [0.3, 0.4) is 0 Å². The van der Waals surface area contributed by atoms with Gasteiger partial charge >= 0.3 is 5.97 Å². The number of carbonyl (C=O) groups is 1. The van der Waals surface area contributed by atoms with Gasteiger partial charge in [-0.1, -0.05) is 39.0 Å². The molecule has 0 spiro atoms. The zero-order valence-corrected chi connectivity index (χ0v) is 10.7. The van der Waals surface area contributed by atoms with E-state index in [1.165, 1.54) is 6.42 Å². The summed E-state index contributed by atoms with van der Waals surface area (Å²) in [6, 6.07) is 0. The van der Waals surface area contributed by atoms with E-state index in [1.54, 1.807) is 6.92 Å². The topological polar surface area (TPSA) is 26.3 Å². The molecule has 2 nitrogen and oxygen atoms in total. The minimum atomic E-state index is -1.91. The molecular weight excluding hydrogens is 226 g/mol. The van der Waals surface area contributed by atoms with Crippen molar-refractivity contribution in [2.24, 2.45) is 0 Å². The summed E-state index contributed by atoms with van der Waals surface area (Å²) in [4.78, 5) is 11.2. The van der Waals surface area contributed by atoms with Crippen LogP contribution in [0.15, 0.2) is 11.7 Å². The van der Waals surface area contributed by atoms with Gasteiger partial charge in [-0.05, 0) is 19.8 Å². The van der Waals surface area contributed by atoms with Crippen molar-refractivity contribution in [3.05, 3.63) is 11.7 Å². The fraction of sp³-hybridized carbons (Fsp3) is 0.769. The summed E-state index contributed by atoms with van der Waals surface area (Å²) in [5.74, 6) is -0.874. The van der Waals surface area contributed by atoms with Crippen molar-refractivity contribution < 1.29 is 18.3 Å². The van der Waals surface area contributed by atoms with Gasteiger partial charge in [0.2, 0.25) is 0 Å². The highest BCUT2D eigenvalue weighted by molar-refractivity contribution is 5.88. The van der Waals surface area contributed by atoms with Crippen LogP contribution in [0.25, 0.3) is 0 Å². The molecule has 0 radical (unpaired) electrons. The Bertz CT molecular complexity index is 246. The summed E-state index contributed by atoms with van der Waals surface area (Å²) >= 11 is 0. The third-order valence-corrected chi connectivity index (χ3v) is 2.53. The van der Waals surface area contributed by atoms with Crippen molar-refractivity contribution in [1.29, 1.82) is 0 Å². The number of unbranched alkanes of at least 4 members (excludes halogenated alkanes) is 5. The Morgan fingerprint density at radius 2 is 1.59 bits per heavy atom. The fourth-order valence-electron chi connectivity index (χ4n) is 1.57. The molecule has 4 heteroatoms. The Kier molecular flexibility index (Phi) is 9.68. The van der Waals surface area contributed by atoms with E-state index in [0.29, 0.717) is 6.42 Å². The first-order chi connectivity index (χ1) is 8.13. The van der Waals surface area contributed by atoms with Gasteiger partial charge in [-0.2, -0.15) is 8.78 Å². The van der Waals surface area contributed by atoms with E-state index in [4.69, 9.17) is 0 Å². The fourth-order valence-corrected chi connectivity index (χ4v) is 1.57. The summed E-state index contributed by atoms with van der Waals surface area (Å²) in [6.45, 7) is 3.86. The van der Waals surface area contributed by atoms with E-state index in [1.807, 2.05) is 0 Å². The maximum Gasteiger partial charge on any atom is 0.339 e. The van der Waals surface area contributed by atoms with Gasteiger partial charge < -0.3 is 4.74 Å². The van der Waals surface area contributed by atoms with E-state index in [-0.39, 0.29) is 13.0 Å². The third-order valence-electron chi connectivity index (χ3n) is 2.53. The molecule has 0 aliphatic heterocycles. The zero-order chi connectivity index (χ0) is 13.1. The van der Waals surface area contributed by atoms with Crippen LogP contribution in [0.2, 0.25) is 0 Å². The molecular formula is C13H22F2O2. The second-order valence-electron chi connectivity index (χ2n) is 3.98. The Morgan fingerprint density at radius 1 is 1.00 bits per heavy atom. The lowest BCUT2D eigenvalue weighted by Gasteiger charge is -2.05. The van der Waals surface area contributed by atoms with Gasteiger partial charge in [0, 0.05) is 0 Å². The standard InChI is InChI=1S/C13H22F2O2/c1-3-5-6-7-8-9-10-11(12(14)15)13(16)17-4-2/h3-10H2,1-2H3. The molecule has 0 aliphatic rings. The smallest absolute Gasteiger partial charge is 0.339 e. The van der Waals surface area contributed by atoms with Crippen LogP contribution >= 0.6 is 0 Å². The second-order valence-corrected chi connectivity index (χ2v) is 3.98. The Hall–Kier alpha value is -0.930. The largest absolute Gasteiger partial charge is 0.462 e. The first-order valence-electron chi connectivity index (χ1n) is 6.34. The summed E-state index contributed by atoms with van der Waals surface area (Å²) < 4.78 is 29.5. The monoisotopic (exact) mass is 248 g/mol. The van der Waals surface area contributed by atoms with Crippen LogP contribution in [-0.4, -0.2) is 12.6 Å². The Labute approximate surface area is 102 Å². The van der Waals surface area contributed by atoms with Crippen LogP contribution in [0.4, 0.5) is 8.78 Å². The quantitative estimate of drug-likeness (QED) is 0.342. The van der Waals surface area contributed by atoms with Gasteiger partial charge in [0.25, 0.3) is 6.08 Å². The highest BCUT2D eigenvalue weighted by Crippen LogP contribution is 2.18. The lowest BCUT2D eigenvalue weighted by molar-refractivity contribution is -0.139. The van der Waals surface area contributed by atoms with Crippen molar-refractivity contribution in [2.45, 2.75) is 58.8 Å². The van der Waals surface area contributed by atoms with Crippen molar-refractivity contribution in [1.82, 2.24) is 0 Å². The lowest BCUT2D eigenvalue weighted by atomic mass is 10.1. The molecule has 0 aromatic rings. The van der Waals surface area contributed by atoms with Gasteiger partial charge in [0.05, 0.1) is 6.61 Å². The predicted octanol–water partition coefficient (Wildman–Crippen LogP) is 4.45. The predicted molar refractivity (Wildman–Crippen MR) is 63.9 cm³/mol. The van der Waals surface area contributed by atoms with E-state index in [0.717, 1.165) is 25.7 Å². The second kappa shape index (κ2) is 10.2. The number of carbonyl (C=O) groups excluding carboxylic acids is 1. The molecule has 0 rings (SSSR count). The molecule has 0 heterocycles. The highest BCUT2D eigenvalue weighted by atomic mass is 19.3. The molecule has 0 bridgehead atoms. The Balaban J connectivity index is 3.88. The molecule has 0 aromatic heterocycles. The maximum absolute atomic E-state index is 12.5. The minimum Gasteiger partial charge on any atom is -0.462 e. The SMILES string of the molecule is CCCCCCCCC(C(=O)OCC)=C(F)F.